The molecule has 1 aromatic carbocycles. The molecule has 100 valence electrons. The van der Waals surface area contributed by atoms with Crippen molar-refractivity contribution in [3.8, 4) is 0 Å². The normalized spacial score (nSPS) is 20.3. The Morgan fingerprint density at radius 3 is 3.06 bits per heavy atom. The lowest BCUT2D eigenvalue weighted by Gasteiger charge is -2.28. The number of nitrogens with one attached hydrogen (secondary N) is 1. The number of benzene rings is 1. The average molecular weight is 273 g/mol. The molecule has 0 saturated carbocycles. The summed E-state index contributed by atoms with van der Waals surface area (Å²) in [5.74, 6) is -0.300. The van der Waals surface area contributed by atoms with Gasteiger partial charge < -0.3 is 10.1 Å². The van der Waals surface area contributed by atoms with Crippen LogP contribution in [-0.4, -0.2) is 44.3 Å². The highest BCUT2D eigenvalue weighted by Crippen LogP contribution is 2.18. The van der Waals surface area contributed by atoms with Gasteiger partial charge in [0.2, 0.25) is 0 Å². The first kappa shape index (κ1) is 13.7. The second-order valence-electron chi connectivity index (χ2n) is 4.63. The Kier molecular flexibility index (Phi) is 4.95. The average Bonchev–Trinajstić information content (AvgIpc) is 2.34. The fourth-order valence-electron chi connectivity index (χ4n) is 2.09. The number of rotatable bonds is 4. The molecule has 0 amide bonds. The van der Waals surface area contributed by atoms with Crippen molar-refractivity contribution in [1.82, 2.24) is 10.2 Å². The molecule has 0 aliphatic carbocycles. The van der Waals surface area contributed by atoms with Crippen molar-refractivity contribution in [3.05, 3.63) is 34.6 Å². The number of likely N-dealkylation sites (N-methyl/N-ethyl adjacent to an activating group) is 1. The van der Waals surface area contributed by atoms with E-state index in [1.54, 1.807) is 6.07 Å². The van der Waals surface area contributed by atoms with E-state index < -0.39 is 0 Å². The van der Waals surface area contributed by atoms with Crippen LogP contribution in [0, 0.1) is 5.82 Å². The van der Waals surface area contributed by atoms with Gasteiger partial charge in [0.05, 0.1) is 12.7 Å². The molecule has 1 aliphatic rings. The molecule has 0 bridgehead atoms. The van der Waals surface area contributed by atoms with Crippen molar-refractivity contribution < 1.29 is 9.13 Å². The minimum atomic E-state index is -0.300. The van der Waals surface area contributed by atoms with E-state index in [1.807, 2.05) is 7.05 Å². The highest BCUT2D eigenvalue weighted by Gasteiger charge is 2.16. The molecule has 1 saturated heterocycles. The molecule has 1 N–H and O–H groups in total. The zero-order valence-corrected chi connectivity index (χ0v) is 11.2. The van der Waals surface area contributed by atoms with Crippen molar-refractivity contribution >= 4 is 11.6 Å². The Hall–Kier alpha value is -0.680. The van der Waals surface area contributed by atoms with Crippen LogP contribution < -0.4 is 5.32 Å². The summed E-state index contributed by atoms with van der Waals surface area (Å²) in [6.45, 7) is 4.08. The van der Waals surface area contributed by atoms with Crippen LogP contribution in [0.3, 0.4) is 0 Å². The van der Waals surface area contributed by atoms with Crippen LogP contribution >= 0.6 is 11.6 Å². The van der Waals surface area contributed by atoms with Gasteiger partial charge in [-0.3, -0.25) is 4.90 Å². The minimum absolute atomic E-state index is 0.211. The van der Waals surface area contributed by atoms with Crippen molar-refractivity contribution in [3.63, 3.8) is 0 Å². The van der Waals surface area contributed by atoms with Gasteiger partial charge in [0.15, 0.2) is 0 Å². The lowest BCUT2D eigenvalue weighted by molar-refractivity contribution is 0.00885. The maximum atomic E-state index is 12.9. The second kappa shape index (κ2) is 6.48. The first-order chi connectivity index (χ1) is 8.65. The molecular formula is C13H18ClFN2O. The van der Waals surface area contributed by atoms with E-state index in [2.05, 4.69) is 10.2 Å². The molecule has 1 heterocycles. The molecule has 1 atom stereocenters. The smallest absolute Gasteiger partial charge is 0.124 e. The summed E-state index contributed by atoms with van der Waals surface area (Å²) in [5.41, 5.74) is 0.935. The molecule has 5 heteroatoms. The number of hydrogen-bond donors (Lipinski definition) is 1. The highest BCUT2D eigenvalue weighted by atomic mass is 35.5. The van der Waals surface area contributed by atoms with Crippen molar-refractivity contribution in [2.24, 2.45) is 0 Å². The van der Waals surface area contributed by atoms with Crippen LogP contribution in [0.15, 0.2) is 18.2 Å². The molecule has 0 spiro atoms. The van der Waals surface area contributed by atoms with E-state index in [0.717, 1.165) is 31.8 Å². The predicted octanol–water partition coefficient (Wildman–Crippen LogP) is 1.90. The van der Waals surface area contributed by atoms with Crippen LogP contribution in [0.2, 0.25) is 5.02 Å². The van der Waals surface area contributed by atoms with E-state index in [4.69, 9.17) is 16.3 Å². The SMILES string of the molecule is CN(Cc1ccc(F)cc1Cl)CC1CNCCO1. The van der Waals surface area contributed by atoms with Crippen molar-refractivity contribution in [2.45, 2.75) is 12.6 Å². The Morgan fingerprint density at radius 2 is 2.39 bits per heavy atom. The van der Waals surface area contributed by atoms with Gasteiger partial charge >= 0.3 is 0 Å². The summed E-state index contributed by atoms with van der Waals surface area (Å²) in [4.78, 5) is 2.14. The Labute approximate surface area is 112 Å². The van der Waals surface area contributed by atoms with Gasteiger partial charge in [-0.15, -0.1) is 0 Å². The highest BCUT2D eigenvalue weighted by molar-refractivity contribution is 6.31. The summed E-state index contributed by atoms with van der Waals surface area (Å²) in [6, 6.07) is 4.52. The molecule has 0 aromatic heterocycles. The quantitative estimate of drug-likeness (QED) is 0.906. The van der Waals surface area contributed by atoms with E-state index in [-0.39, 0.29) is 11.9 Å². The minimum Gasteiger partial charge on any atom is -0.374 e. The monoisotopic (exact) mass is 272 g/mol. The van der Waals surface area contributed by atoms with E-state index >= 15 is 0 Å². The Morgan fingerprint density at radius 1 is 1.56 bits per heavy atom. The third-order valence-electron chi connectivity index (χ3n) is 2.98. The van der Waals surface area contributed by atoms with Crippen LogP contribution in [0.4, 0.5) is 4.39 Å². The van der Waals surface area contributed by atoms with Crippen LogP contribution in [-0.2, 0) is 11.3 Å². The van der Waals surface area contributed by atoms with E-state index in [1.165, 1.54) is 12.1 Å². The molecular weight excluding hydrogens is 255 g/mol. The van der Waals surface area contributed by atoms with Crippen molar-refractivity contribution in [1.29, 1.82) is 0 Å². The van der Waals surface area contributed by atoms with Crippen LogP contribution in [0.25, 0.3) is 0 Å². The molecule has 3 nitrogen and oxygen atoms in total. The number of morpholine rings is 1. The lowest BCUT2D eigenvalue weighted by Crippen LogP contribution is -2.44. The zero-order valence-electron chi connectivity index (χ0n) is 10.5. The van der Waals surface area contributed by atoms with Gasteiger partial charge in [-0.05, 0) is 24.7 Å². The maximum Gasteiger partial charge on any atom is 0.124 e. The van der Waals surface area contributed by atoms with Gasteiger partial charge in [-0.2, -0.15) is 0 Å². The summed E-state index contributed by atoms with van der Waals surface area (Å²) >= 11 is 6.01. The van der Waals surface area contributed by atoms with Gasteiger partial charge in [-0.1, -0.05) is 17.7 Å². The second-order valence-corrected chi connectivity index (χ2v) is 5.04. The maximum absolute atomic E-state index is 12.9. The first-order valence-electron chi connectivity index (χ1n) is 6.10. The lowest BCUT2D eigenvalue weighted by atomic mass is 10.2. The van der Waals surface area contributed by atoms with Gasteiger partial charge in [-0.25, -0.2) is 4.39 Å². The number of ether oxygens (including phenoxy) is 1. The molecule has 2 rings (SSSR count). The van der Waals surface area contributed by atoms with E-state index in [9.17, 15) is 4.39 Å². The first-order valence-corrected chi connectivity index (χ1v) is 6.48. The topological polar surface area (TPSA) is 24.5 Å². The summed E-state index contributed by atoms with van der Waals surface area (Å²) in [6.07, 6.45) is 0.211. The van der Waals surface area contributed by atoms with Crippen LogP contribution in [0.1, 0.15) is 5.56 Å². The van der Waals surface area contributed by atoms with E-state index in [0.29, 0.717) is 11.6 Å². The van der Waals surface area contributed by atoms with Crippen LogP contribution in [0.5, 0.6) is 0 Å². The number of halogens is 2. The Bertz CT molecular complexity index is 397. The fourth-order valence-corrected chi connectivity index (χ4v) is 2.32. The zero-order chi connectivity index (χ0) is 13.0. The van der Waals surface area contributed by atoms with Gasteiger partial charge in [0.25, 0.3) is 0 Å². The number of hydrogen-bond acceptors (Lipinski definition) is 3. The largest absolute Gasteiger partial charge is 0.374 e. The molecule has 18 heavy (non-hydrogen) atoms. The molecule has 1 unspecified atom stereocenters. The standard InChI is InChI=1S/C13H18ClFN2O/c1-17(9-12-7-16-4-5-18-12)8-10-2-3-11(15)6-13(10)14/h2-3,6,12,16H,4-5,7-9H2,1H3. The van der Waals surface area contributed by atoms with Gasteiger partial charge in [0.1, 0.15) is 5.82 Å². The molecule has 1 aromatic rings. The molecule has 0 radical (unpaired) electrons. The molecule has 1 aliphatic heterocycles. The third-order valence-corrected chi connectivity index (χ3v) is 3.33. The number of nitrogens with zero attached hydrogens (tertiary/aromatic N) is 1. The van der Waals surface area contributed by atoms with Gasteiger partial charge in [0, 0.05) is 31.2 Å². The summed E-state index contributed by atoms with van der Waals surface area (Å²) in [5, 5.41) is 3.77. The summed E-state index contributed by atoms with van der Waals surface area (Å²) < 4.78 is 18.6. The summed E-state index contributed by atoms with van der Waals surface area (Å²) in [7, 11) is 2.01. The Balaban J connectivity index is 1.87. The third kappa shape index (κ3) is 3.92. The fraction of sp³-hybridized carbons (Fsp3) is 0.538. The predicted molar refractivity (Wildman–Crippen MR) is 70.4 cm³/mol. The molecule has 1 fully saturated rings. The van der Waals surface area contributed by atoms with Crippen molar-refractivity contribution in [2.75, 3.05) is 33.3 Å².